The molecule has 1 rings (SSSR count). The fraction of sp³-hybridized carbons (Fsp3) is 0.889. The Bertz CT molecular complexity index is 155. The fourth-order valence-electron chi connectivity index (χ4n) is 1.08. The smallest absolute Gasteiger partial charge is 0.187 e. The highest BCUT2D eigenvalue weighted by Gasteiger charge is 2.21. The molecule has 0 aromatic carbocycles. The van der Waals surface area contributed by atoms with Crippen LogP contribution in [-0.2, 0) is 14.3 Å². The first kappa shape index (κ1) is 11.0. The molecule has 1 saturated heterocycles. The summed E-state index contributed by atoms with van der Waals surface area (Å²) in [5.74, 6) is 1.87. The molecule has 0 bridgehead atoms. The van der Waals surface area contributed by atoms with Gasteiger partial charge >= 0.3 is 0 Å². The van der Waals surface area contributed by atoms with E-state index < -0.39 is 0 Å². The third kappa shape index (κ3) is 4.11. The van der Waals surface area contributed by atoms with E-state index in [4.69, 9.17) is 9.47 Å². The maximum atomic E-state index is 11.4. The largest absolute Gasteiger partial charge is 0.374 e. The van der Waals surface area contributed by atoms with Crippen molar-refractivity contribution in [2.75, 3.05) is 31.3 Å². The maximum Gasteiger partial charge on any atom is 0.187 e. The maximum absolute atomic E-state index is 11.4. The molecule has 0 aromatic heterocycles. The van der Waals surface area contributed by atoms with Crippen LogP contribution in [0.1, 0.15) is 13.3 Å². The van der Waals surface area contributed by atoms with E-state index in [9.17, 15) is 4.79 Å². The molecule has 1 aliphatic heterocycles. The zero-order valence-corrected chi connectivity index (χ0v) is 8.77. The van der Waals surface area contributed by atoms with Gasteiger partial charge in [0.1, 0.15) is 12.7 Å². The molecule has 1 atom stereocenters. The molecule has 1 fully saturated rings. The summed E-state index contributed by atoms with van der Waals surface area (Å²) >= 11 is 1.77. The summed E-state index contributed by atoms with van der Waals surface area (Å²) in [7, 11) is 0. The molecule has 1 heterocycles. The molecule has 1 unspecified atom stereocenters. The van der Waals surface area contributed by atoms with Gasteiger partial charge in [-0.1, -0.05) is 6.92 Å². The Balaban J connectivity index is 2.13. The summed E-state index contributed by atoms with van der Waals surface area (Å²) in [5.41, 5.74) is 0. The van der Waals surface area contributed by atoms with Gasteiger partial charge in [0.25, 0.3) is 0 Å². The summed E-state index contributed by atoms with van der Waals surface area (Å²) in [6, 6.07) is 0. The lowest BCUT2D eigenvalue weighted by molar-refractivity contribution is -0.133. The van der Waals surface area contributed by atoms with Gasteiger partial charge < -0.3 is 9.47 Å². The van der Waals surface area contributed by atoms with Gasteiger partial charge in [0, 0.05) is 18.1 Å². The van der Waals surface area contributed by atoms with E-state index in [-0.39, 0.29) is 18.5 Å². The Kier molecular flexibility index (Phi) is 5.43. The second-order valence-electron chi connectivity index (χ2n) is 2.95. The molecular weight excluding hydrogens is 188 g/mol. The van der Waals surface area contributed by atoms with Crippen LogP contribution in [0.3, 0.4) is 0 Å². The fourth-order valence-corrected chi connectivity index (χ4v) is 1.96. The topological polar surface area (TPSA) is 35.5 Å². The first-order valence-corrected chi connectivity index (χ1v) is 5.80. The summed E-state index contributed by atoms with van der Waals surface area (Å²) in [6.07, 6.45) is 0.726. The molecule has 0 amide bonds. The van der Waals surface area contributed by atoms with Crippen LogP contribution in [0.25, 0.3) is 0 Å². The quantitative estimate of drug-likeness (QED) is 0.629. The van der Waals surface area contributed by atoms with Crippen LogP contribution in [0, 0.1) is 0 Å². The van der Waals surface area contributed by atoms with E-state index in [1.165, 1.54) is 0 Å². The average molecular weight is 204 g/mol. The Labute approximate surface area is 83.2 Å². The van der Waals surface area contributed by atoms with Crippen LogP contribution in [0.15, 0.2) is 0 Å². The number of carbonyl (C=O) groups excluding carboxylic acids is 1. The summed E-state index contributed by atoms with van der Waals surface area (Å²) in [5, 5.41) is 0. The molecule has 13 heavy (non-hydrogen) atoms. The van der Waals surface area contributed by atoms with E-state index in [2.05, 4.69) is 0 Å². The molecule has 0 N–H and O–H groups in total. The SMILES string of the molecule is CCCOCC(=O)C1CSCCO1. The van der Waals surface area contributed by atoms with Crippen molar-refractivity contribution in [3.05, 3.63) is 0 Å². The van der Waals surface area contributed by atoms with Crippen LogP contribution in [-0.4, -0.2) is 43.2 Å². The normalized spacial score (nSPS) is 23.0. The third-order valence-electron chi connectivity index (χ3n) is 1.77. The van der Waals surface area contributed by atoms with Crippen LogP contribution in [0.4, 0.5) is 0 Å². The molecule has 3 nitrogen and oxygen atoms in total. The highest BCUT2D eigenvalue weighted by atomic mass is 32.2. The van der Waals surface area contributed by atoms with E-state index in [1.807, 2.05) is 6.92 Å². The lowest BCUT2D eigenvalue weighted by Crippen LogP contribution is -2.34. The minimum Gasteiger partial charge on any atom is -0.374 e. The number of Topliss-reactive ketones (excluding diaryl/α,β-unsaturated/α-hetero) is 1. The Hall–Kier alpha value is -0.0600. The standard InChI is InChI=1S/C9H16O3S/c1-2-3-11-6-8(10)9-7-13-5-4-12-9/h9H,2-7H2,1H3. The number of hydrogen-bond acceptors (Lipinski definition) is 4. The third-order valence-corrected chi connectivity index (χ3v) is 2.76. The highest BCUT2D eigenvalue weighted by Crippen LogP contribution is 2.13. The number of thioether (sulfide) groups is 1. The minimum absolute atomic E-state index is 0.0839. The molecule has 0 aliphatic carbocycles. The molecule has 76 valence electrons. The number of hydrogen-bond donors (Lipinski definition) is 0. The van der Waals surface area contributed by atoms with Gasteiger partial charge in [-0.3, -0.25) is 4.79 Å². The molecule has 1 aliphatic rings. The first-order valence-electron chi connectivity index (χ1n) is 4.64. The predicted octanol–water partition coefficient (Wildman–Crippen LogP) is 1.11. The Morgan fingerprint density at radius 2 is 2.54 bits per heavy atom. The van der Waals surface area contributed by atoms with Gasteiger partial charge in [0.2, 0.25) is 0 Å². The van der Waals surface area contributed by atoms with Gasteiger partial charge in [-0.15, -0.1) is 0 Å². The molecule has 0 saturated carbocycles. The van der Waals surface area contributed by atoms with Crippen molar-refractivity contribution in [1.82, 2.24) is 0 Å². The Morgan fingerprint density at radius 1 is 1.69 bits per heavy atom. The van der Waals surface area contributed by atoms with Crippen LogP contribution in [0.5, 0.6) is 0 Å². The van der Waals surface area contributed by atoms with Crippen LogP contribution >= 0.6 is 11.8 Å². The van der Waals surface area contributed by atoms with Gasteiger partial charge in [-0.2, -0.15) is 11.8 Å². The molecule has 0 radical (unpaired) electrons. The zero-order chi connectivity index (χ0) is 9.52. The van der Waals surface area contributed by atoms with E-state index in [0.29, 0.717) is 13.2 Å². The molecular formula is C9H16O3S. The van der Waals surface area contributed by atoms with Gasteiger partial charge in [0.15, 0.2) is 5.78 Å². The number of carbonyl (C=O) groups is 1. The van der Waals surface area contributed by atoms with Crippen molar-refractivity contribution in [2.24, 2.45) is 0 Å². The molecule has 0 aromatic rings. The highest BCUT2D eigenvalue weighted by molar-refractivity contribution is 7.99. The van der Waals surface area contributed by atoms with E-state index in [1.54, 1.807) is 11.8 Å². The zero-order valence-electron chi connectivity index (χ0n) is 7.95. The van der Waals surface area contributed by atoms with Crippen molar-refractivity contribution in [3.63, 3.8) is 0 Å². The van der Waals surface area contributed by atoms with Crippen molar-refractivity contribution >= 4 is 17.5 Å². The van der Waals surface area contributed by atoms with Crippen molar-refractivity contribution in [2.45, 2.75) is 19.4 Å². The molecule has 0 spiro atoms. The van der Waals surface area contributed by atoms with Gasteiger partial charge in [0.05, 0.1) is 6.61 Å². The van der Waals surface area contributed by atoms with Crippen molar-refractivity contribution in [1.29, 1.82) is 0 Å². The number of ketones is 1. The van der Waals surface area contributed by atoms with E-state index >= 15 is 0 Å². The lowest BCUT2D eigenvalue weighted by atomic mass is 10.2. The van der Waals surface area contributed by atoms with Gasteiger partial charge in [-0.05, 0) is 6.42 Å². The first-order chi connectivity index (χ1) is 6.34. The monoisotopic (exact) mass is 204 g/mol. The second-order valence-corrected chi connectivity index (χ2v) is 4.10. The van der Waals surface area contributed by atoms with Crippen LogP contribution in [0.2, 0.25) is 0 Å². The van der Waals surface area contributed by atoms with Crippen molar-refractivity contribution in [3.8, 4) is 0 Å². The minimum atomic E-state index is -0.226. The van der Waals surface area contributed by atoms with Crippen LogP contribution < -0.4 is 0 Å². The summed E-state index contributed by atoms with van der Waals surface area (Å²) < 4.78 is 10.5. The summed E-state index contributed by atoms with van der Waals surface area (Å²) in [4.78, 5) is 11.4. The molecule has 4 heteroatoms. The number of rotatable bonds is 5. The lowest BCUT2D eigenvalue weighted by Gasteiger charge is -2.20. The predicted molar refractivity (Wildman–Crippen MR) is 53.2 cm³/mol. The second kappa shape index (κ2) is 6.40. The average Bonchev–Trinajstić information content (AvgIpc) is 2.19. The Morgan fingerprint density at radius 3 is 3.15 bits per heavy atom. The van der Waals surface area contributed by atoms with Gasteiger partial charge in [-0.25, -0.2) is 0 Å². The number of ether oxygens (including phenoxy) is 2. The summed E-state index contributed by atoms with van der Waals surface area (Å²) in [6.45, 7) is 3.58. The van der Waals surface area contributed by atoms with E-state index in [0.717, 1.165) is 17.9 Å². The van der Waals surface area contributed by atoms with Crippen molar-refractivity contribution < 1.29 is 14.3 Å².